The highest BCUT2D eigenvalue weighted by atomic mass is 32.1. The lowest BCUT2D eigenvalue weighted by Crippen LogP contribution is -2.00. The Balaban J connectivity index is 2.14. The maximum atomic E-state index is 12.1. The van der Waals surface area contributed by atoms with Gasteiger partial charge in [-0.15, -0.1) is 11.3 Å². The minimum Gasteiger partial charge on any atom is -0.490 e. The first-order valence-electron chi connectivity index (χ1n) is 8.00. The fourth-order valence-corrected chi connectivity index (χ4v) is 2.83. The minimum absolute atomic E-state index is 0.146. The zero-order valence-corrected chi connectivity index (χ0v) is 15.0. The van der Waals surface area contributed by atoms with Gasteiger partial charge in [0.2, 0.25) is 0 Å². The topological polar surface area (TPSA) is 72.8 Å². The number of carbonyl (C=O) groups excluding carboxylic acids is 1. The van der Waals surface area contributed by atoms with E-state index in [1.165, 1.54) is 18.2 Å². The summed E-state index contributed by atoms with van der Waals surface area (Å²) in [4.78, 5) is 23.6. The van der Waals surface area contributed by atoms with Crippen molar-refractivity contribution >= 4 is 29.2 Å². The van der Waals surface area contributed by atoms with Crippen molar-refractivity contribution < 1.29 is 24.2 Å². The van der Waals surface area contributed by atoms with E-state index in [0.717, 1.165) is 23.3 Å². The molecule has 0 bridgehead atoms. The van der Waals surface area contributed by atoms with E-state index < -0.39 is 5.97 Å². The van der Waals surface area contributed by atoms with Crippen LogP contribution < -0.4 is 9.47 Å². The summed E-state index contributed by atoms with van der Waals surface area (Å²) in [5.41, 5.74) is 0.802. The molecule has 0 amide bonds. The molecule has 2 rings (SSSR count). The second-order valence-electron chi connectivity index (χ2n) is 5.15. The highest BCUT2D eigenvalue weighted by molar-refractivity contribution is 7.16. The van der Waals surface area contributed by atoms with Gasteiger partial charge in [-0.05, 0) is 49.2 Å². The van der Waals surface area contributed by atoms with Gasteiger partial charge >= 0.3 is 5.97 Å². The SMILES string of the molecule is CCCOc1ccc(/C=C/C(=O)c2ccc(C(=O)O)s2)cc1OCC. The van der Waals surface area contributed by atoms with E-state index in [1.807, 2.05) is 32.0 Å². The number of ether oxygens (including phenoxy) is 2. The van der Waals surface area contributed by atoms with E-state index >= 15 is 0 Å². The average molecular weight is 360 g/mol. The predicted molar refractivity (Wildman–Crippen MR) is 98.0 cm³/mol. The first-order valence-corrected chi connectivity index (χ1v) is 8.82. The largest absolute Gasteiger partial charge is 0.490 e. The van der Waals surface area contributed by atoms with Crippen molar-refractivity contribution in [2.45, 2.75) is 20.3 Å². The Bertz CT molecular complexity index is 776. The van der Waals surface area contributed by atoms with E-state index in [-0.39, 0.29) is 10.7 Å². The lowest BCUT2D eigenvalue weighted by Gasteiger charge is -2.11. The Morgan fingerprint density at radius 3 is 2.48 bits per heavy atom. The summed E-state index contributed by atoms with van der Waals surface area (Å²) in [5.74, 6) is 0.0465. The number of thiophene rings is 1. The molecule has 1 heterocycles. The highest BCUT2D eigenvalue weighted by Crippen LogP contribution is 2.29. The number of carboxylic acids is 1. The van der Waals surface area contributed by atoms with Crippen LogP contribution in [-0.2, 0) is 0 Å². The van der Waals surface area contributed by atoms with E-state index in [2.05, 4.69) is 0 Å². The van der Waals surface area contributed by atoms with Gasteiger partial charge in [-0.2, -0.15) is 0 Å². The van der Waals surface area contributed by atoms with Gasteiger partial charge in [0.1, 0.15) is 4.88 Å². The summed E-state index contributed by atoms with van der Waals surface area (Å²) in [7, 11) is 0. The third kappa shape index (κ3) is 5.19. The maximum Gasteiger partial charge on any atom is 0.345 e. The van der Waals surface area contributed by atoms with Crippen LogP contribution in [0.15, 0.2) is 36.4 Å². The maximum absolute atomic E-state index is 12.1. The van der Waals surface area contributed by atoms with Gasteiger partial charge < -0.3 is 14.6 Å². The zero-order valence-electron chi connectivity index (χ0n) is 14.2. The number of hydrogen-bond donors (Lipinski definition) is 1. The fraction of sp³-hybridized carbons (Fsp3) is 0.263. The first-order chi connectivity index (χ1) is 12.0. The molecule has 1 aromatic heterocycles. The number of hydrogen-bond acceptors (Lipinski definition) is 5. The second-order valence-corrected chi connectivity index (χ2v) is 6.24. The van der Waals surface area contributed by atoms with Gasteiger partial charge in [0.05, 0.1) is 18.1 Å². The zero-order chi connectivity index (χ0) is 18.2. The van der Waals surface area contributed by atoms with E-state index in [9.17, 15) is 9.59 Å². The molecule has 0 aliphatic rings. The number of aromatic carboxylic acids is 1. The molecule has 0 atom stereocenters. The van der Waals surface area contributed by atoms with Crippen LogP contribution in [-0.4, -0.2) is 30.1 Å². The minimum atomic E-state index is -1.03. The molecule has 0 saturated heterocycles. The lowest BCUT2D eigenvalue weighted by molar-refractivity contribution is 0.0702. The molecule has 0 saturated carbocycles. The van der Waals surface area contributed by atoms with Crippen molar-refractivity contribution in [3.63, 3.8) is 0 Å². The smallest absolute Gasteiger partial charge is 0.345 e. The molecule has 0 fully saturated rings. The summed E-state index contributed by atoms with van der Waals surface area (Å²) >= 11 is 0.962. The van der Waals surface area contributed by atoms with Crippen LogP contribution in [0.3, 0.4) is 0 Å². The fourth-order valence-electron chi connectivity index (χ4n) is 2.07. The Hall–Kier alpha value is -2.60. The Labute approximate surface area is 150 Å². The van der Waals surface area contributed by atoms with Gasteiger partial charge in [0.15, 0.2) is 17.3 Å². The van der Waals surface area contributed by atoms with Crippen molar-refractivity contribution in [3.05, 3.63) is 51.7 Å². The molecule has 5 nitrogen and oxygen atoms in total. The Morgan fingerprint density at radius 2 is 1.84 bits per heavy atom. The van der Waals surface area contributed by atoms with Gasteiger partial charge in [0.25, 0.3) is 0 Å². The molecule has 1 N–H and O–H groups in total. The molecule has 1 aromatic carbocycles. The molecule has 0 spiro atoms. The van der Waals surface area contributed by atoms with Crippen LogP contribution >= 0.6 is 11.3 Å². The second kappa shape index (κ2) is 9.03. The molecular weight excluding hydrogens is 340 g/mol. The number of carboxylic acid groups (broad SMARTS) is 1. The highest BCUT2D eigenvalue weighted by Gasteiger charge is 2.11. The van der Waals surface area contributed by atoms with Gasteiger partial charge in [-0.1, -0.05) is 19.1 Å². The van der Waals surface area contributed by atoms with E-state index in [4.69, 9.17) is 14.6 Å². The van der Waals surface area contributed by atoms with Crippen molar-refractivity contribution in [1.82, 2.24) is 0 Å². The van der Waals surface area contributed by atoms with Crippen LogP contribution in [0.4, 0.5) is 0 Å². The van der Waals surface area contributed by atoms with Crippen molar-refractivity contribution in [3.8, 4) is 11.5 Å². The molecule has 2 aromatic rings. The van der Waals surface area contributed by atoms with Crippen molar-refractivity contribution in [1.29, 1.82) is 0 Å². The number of benzene rings is 1. The Morgan fingerprint density at radius 1 is 1.08 bits per heavy atom. The van der Waals surface area contributed by atoms with E-state index in [0.29, 0.717) is 29.6 Å². The molecule has 6 heteroatoms. The quantitative estimate of drug-likeness (QED) is 0.525. The molecule has 0 unspecified atom stereocenters. The third-order valence-electron chi connectivity index (χ3n) is 3.22. The van der Waals surface area contributed by atoms with Crippen LogP contribution in [0, 0.1) is 0 Å². The normalized spacial score (nSPS) is 10.8. The van der Waals surface area contributed by atoms with Crippen molar-refractivity contribution in [2.75, 3.05) is 13.2 Å². The average Bonchev–Trinajstić information content (AvgIpc) is 3.09. The number of ketones is 1. The molecule has 0 aliphatic carbocycles. The first kappa shape index (κ1) is 18.7. The monoisotopic (exact) mass is 360 g/mol. The molecular formula is C19H20O5S. The summed E-state index contributed by atoms with van der Waals surface area (Å²) in [6.07, 6.45) is 4.00. The van der Waals surface area contributed by atoms with E-state index in [1.54, 1.807) is 6.08 Å². The number of allylic oxidation sites excluding steroid dienone is 1. The summed E-state index contributed by atoms with van der Waals surface area (Å²) in [6, 6.07) is 8.43. The van der Waals surface area contributed by atoms with Crippen LogP contribution in [0.1, 0.15) is 45.2 Å². The predicted octanol–water partition coefficient (Wildman–Crippen LogP) is 4.53. The van der Waals surface area contributed by atoms with Crippen LogP contribution in [0.5, 0.6) is 11.5 Å². The Kier molecular flexibility index (Phi) is 6.77. The molecule has 132 valence electrons. The molecule has 0 aliphatic heterocycles. The molecule has 0 radical (unpaired) electrons. The van der Waals surface area contributed by atoms with Gasteiger partial charge in [-0.3, -0.25) is 4.79 Å². The summed E-state index contributed by atoms with van der Waals surface area (Å²) < 4.78 is 11.2. The lowest BCUT2D eigenvalue weighted by atomic mass is 10.1. The van der Waals surface area contributed by atoms with Gasteiger partial charge in [0, 0.05) is 0 Å². The summed E-state index contributed by atoms with van der Waals surface area (Å²) in [6.45, 7) is 5.05. The van der Waals surface area contributed by atoms with Crippen LogP contribution in [0.25, 0.3) is 6.08 Å². The van der Waals surface area contributed by atoms with Gasteiger partial charge in [-0.25, -0.2) is 4.79 Å². The van der Waals surface area contributed by atoms with Crippen LogP contribution in [0.2, 0.25) is 0 Å². The van der Waals surface area contributed by atoms with Crippen molar-refractivity contribution in [2.24, 2.45) is 0 Å². The standard InChI is InChI=1S/C19H20O5S/c1-3-11-24-15-8-6-13(12-16(15)23-4-2)5-7-14(20)17-9-10-18(25-17)19(21)22/h5-10,12H,3-4,11H2,1-2H3,(H,21,22)/b7-5+. The number of carbonyl (C=O) groups is 2. The molecule has 25 heavy (non-hydrogen) atoms. The number of rotatable bonds is 9. The summed E-state index contributed by atoms with van der Waals surface area (Å²) in [5, 5.41) is 8.91. The third-order valence-corrected chi connectivity index (χ3v) is 4.30.